The van der Waals surface area contributed by atoms with Crippen molar-refractivity contribution in [2.75, 3.05) is 5.75 Å². The Morgan fingerprint density at radius 2 is 1.79 bits per heavy atom. The van der Waals surface area contributed by atoms with E-state index >= 15 is 0 Å². The molecule has 0 bridgehead atoms. The van der Waals surface area contributed by atoms with Gasteiger partial charge < -0.3 is 0 Å². The number of hydrogen-bond acceptors (Lipinski definition) is 5. The lowest BCUT2D eigenvalue weighted by Crippen LogP contribution is -2.42. The van der Waals surface area contributed by atoms with Crippen LogP contribution >= 0.6 is 23.1 Å². The van der Waals surface area contributed by atoms with Crippen molar-refractivity contribution in [3.05, 3.63) is 70.2 Å². The van der Waals surface area contributed by atoms with Crippen molar-refractivity contribution in [2.45, 2.75) is 25.7 Å². The Balaban J connectivity index is 1.56. The number of aromatic nitrogens is 1. The molecular formula is C21H21N3O2S2. The summed E-state index contributed by atoms with van der Waals surface area (Å²) in [6.45, 7) is 5.82. The molecule has 0 atom stereocenters. The van der Waals surface area contributed by atoms with Crippen LogP contribution < -0.4 is 10.9 Å². The maximum Gasteiger partial charge on any atom is 0.281 e. The largest absolute Gasteiger partial charge is 0.281 e. The van der Waals surface area contributed by atoms with Crippen LogP contribution in [0.4, 0.5) is 0 Å². The maximum atomic E-state index is 12.4. The second kappa shape index (κ2) is 9.03. The van der Waals surface area contributed by atoms with E-state index in [4.69, 9.17) is 0 Å². The highest BCUT2D eigenvalue weighted by Gasteiger charge is 2.17. The van der Waals surface area contributed by atoms with Crippen LogP contribution in [0, 0.1) is 20.8 Å². The van der Waals surface area contributed by atoms with Crippen molar-refractivity contribution < 1.29 is 9.59 Å². The molecule has 1 aromatic heterocycles. The first-order valence-electron chi connectivity index (χ1n) is 8.76. The van der Waals surface area contributed by atoms with E-state index in [1.54, 1.807) is 6.92 Å². The van der Waals surface area contributed by atoms with Gasteiger partial charge in [0.05, 0.1) is 11.4 Å². The number of thiazole rings is 1. The predicted molar refractivity (Wildman–Crippen MR) is 115 cm³/mol. The molecule has 2 amide bonds. The Labute approximate surface area is 172 Å². The van der Waals surface area contributed by atoms with Gasteiger partial charge in [-0.15, -0.1) is 23.1 Å². The number of hydrogen-bond donors (Lipinski definition) is 2. The molecule has 0 saturated carbocycles. The molecule has 3 aromatic rings. The molecule has 28 heavy (non-hydrogen) atoms. The van der Waals surface area contributed by atoms with E-state index in [0.717, 1.165) is 26.6 Å². The van der Waals surface area contributed by atoms with Crippen molar-refractivity contribution in [3.63, 3.8) is 0 Å². The molecule has 0 spiro atoms. The Morgan fingerprint density at radius 3 is 2.54 bits per heavy atom. The van der Waals surface area contributed by atoms with E-state index in [0.29, 0.717) is 10.6 Å². The highest BCUT2D eigenvalue weighted by molar-refractivity contribution is 8.00. The number of carbonyl (C=O) groups excluding carboxylic acids is 2. The van der Waals surface area contributed by atoms with Gasteiger partial charge in [-0.2, -0.15) is 0 Å². The van der Waals surface area contributed by atoms with Crippen LogP contribution in [-0.2, 0) is 4.79 Å². The molecule has 1 heterocycles. The van der Waals surface area contributed by atoms with Crippen LogP contribution in [0.15, 0.2) is 53.4 Å². The summed E-state index contributed by atoms with van der Waals surface area (Å²) in [6, 6.07) is 15.8. The number of thioether (sulfide) groups is 1. The normalized spacial score (nSPS) is 10.5. The minimum atomic E-state index is -0.359. The molecule has 7 heteroatoms. The van der Waals surface area contributed by atoms with Gasteiger partial charge in [-0.25, -0.2) is 4.98 Å². The molecule has 3 rings (SSSR count). The molecule has 0 aliphatic heterocycles. The molecule has 0 fully saturated rings. The van der Waals surface area contributed by atoms with Crippen LogP contribution in [0.2, 0.25) is 0 Å². The van der Waals surface area contributed by atoms with Crippen molar-refractivity contribution in [3.8, 4) is 10.6 Å². The second-order valence-electron chi connectivity index (χ2n) is 6.36. The Kier molecular flexibility index (Phi) is 6.49. The fourth-order valence-electron chi connectivity index (χ4n) is 2.54. The smallest absolute Gasteiger partial charge is 0.272 e. The standard InChI is InChI=1S/C21H21N3O2S2/c1-13-9-10-14(2)17(11-13)27-12-18(25)23-24-20(26)19-15(3)22-21(28-19)16-7-5-4-6-8-16/h4-11H,12H2,1-3H3,(H,23,25)(H,24,26). The fraction of sp³-hybridized carbons (Fsp3) is 0.190. The van der Waals surface area contributed by atoms with E-state index in [1.807, 2.05) is 56.3 Å². The topological polar surface area (TPSA) is 71.1 Å². The molecule has 0 saturated heterocycles. The number of nitrogens with one attached hydrogen (secondary N) is 2. The van der Waals surface area contributed by atoms with Crippen molar-refractivity contribution in [1.82, 2.24) is 15.8 Å². The zero-order chi connectivity index (χ0) is 20.1. The minimum Gasteiger partial charge on any atom is -0.272 e. The number of hydrazine groups is 1. The average Bonchev–Trinajstić information content (AvgIpc) is 3.09. The first-order chi connectivity index (χ1) is 13.4. The quantitative estimate of drug-likeness (QED) is 0.485. The summed E-state index contributed by atoms with van der Waals surface area (Å²) in [5.74, 6) is -0.395. The van der Waals surface area contributed by atoms with Gasteiger partial charge in [-0.05, 0) is 32.4 Å². The van der Waals surface area contributed by atoms with E-state index in [2.05, 4.69) is 21.9 Å². The predicted octanol–water partition coefficient (Wildman–Crippen LogP) is 4.29. The van der Waals surface area contributed by atoms with Gasteiger partial charge in [0, 0.05) is 10.5 Å². The minimum absolute atomic E-state index is 0.224. The molecule has 0 aliphatic carbocycles. The highest BCUT2D eigenvalue weighted by Crippen LogP contribution is 2.27. The summed E-state index contributed by atoms with van der Waals surface area (Å²) >= 11 is 2.75. The summed E-state index contributed by atoms with van der Waals surface area (Å²) in [4.78, 5) is 30.5. The van der Waals surface area contributed by atoms with Crippen LogP contribution in [0.3, 0.4) is 0 Å². The molecule has 0 unspecified atom stereocenters. The maximum absolute atomic E-state index is 12.4. The summed E-state index contributed by atoms with van der Waals surface area (Å²) in [7, 11) is 0. The van der Waals surface area contributed by atoms with Crippen molar-refractivity contribution >= 4 is 34.9 Å². The zero-order valence-corrected chi connectivity index (χ0v) is 17.5. The number of nitrogens with zero attached hydrogens (tertiary/aromatic N) is 1. The van der Waals surface area contributed by atoms with Gasteiger partial charge >= 0.3 is 0 Å². The van der Waals surface area contributed by atoms with E-state index in [9.17, 15) is 9.59 Å². The number of carbonyl (C=O) groups is 2. The third-order valence-electron chi connectivity index (χ3n) is 4.04. The first kappa shape index (κ1) is 20.1. The third kappa shape index (κ3) is 4.99. The number of rotatable bonds is 5. The fourth-order valence-corrected chi connectivity index (χ4v) is 4.43. The Bertz CT molecular complexity index is 1000. The van der Waals surface area contributed by atoms with Crippen LogP contribution in [-0.4, -0.2) is 22.6 Å². The SMILES string of the molecule is Cc1ccc(C)c(SCC(=O)NNC(=O)c2sc(-c3ccccc3)nc2C)c1. The van der Waals surface area contributed by atoms with Crippen LogP contribution in [0.5, 0.6) is 0 Å². The Morgan fingerprint density at radius 1 is 1.04 bits per heavy atom. The third-order valence-corrected chi connectivity index (χ3v) is 6.40. The van der Waals surface area contributed by atoms with Gasteiger partial charge in [0.15, 0.2) is 0 Å². The number of benzene rings is 2. The summed E-state index contributed by atoms with van der Waals surface area (Å²) in [5.41, 5.74) is 8.84. The lowest BCUT2D eigenvalue weighted by atomic mass is 10.2. The molecular weight excluding hydrogens is 390 g/mol. The van der Waals surface area contributed by atoms with Crippen LogP contribution in [0.1, 0.15) is 26.5 Å². The molecule has 0 radical (unpaired) electrons. The van der Waals surface area contributed by atoms with Gasteiger partial charge in [0.1, 0.15) is 9.88 Å². The van der Waals surface area contributed by atoms with E-state index in [-0.39, 0.29) is 17.6 Å². The lowest BCUT2D eigenvalue weighted by Gasteiger charge is -2.08. The van der Waals surface area contributed by atoms with E-state index < -0.39 is 0 Å². The molecule has 144 valence electrons. The van der Waals surface area contributed by atoms with Crippen molar-refractivity contribution in [1.29, 1.82) is 0 Å². The van der Waals surface area contributed by atoms with Gasteiger partial charge in [0.2, 0.25) is 5.91 Å². The van der Waals surface area contributed by atoms with Gasteiger partial charge in [-0.3, -0.25) is 20.4 Å². The number of amides is 2. The van der Waals surface area contributed by atoms with Gasteiger partial charge in [-0.1, -0.05) is 48.0 Å². The summed E-state index contributed by atoms with van der Waals surface area (Å²) < 4.78 is 0. The van der Waals surface area contributed by atoms with Gasteiger partial charge in [0.25, 0.3) is 5.91 Å². The number of aryl methyl sites for hydroxylation is 3. The van der Waals surface area contributed by atoms with E-state index in [1.165, 1.54) is 23.1 Å². The molecule has 2 aromatic carbocycles. The molecule has 2 N–H and O–H groups in total. The van der Waals surface area contributed by atoms with Crippen LogP contribution in [0.25, 0.3) is 10.6 Å². The first-order valence-corrected chi connectivity index (χ1v) is 10.6. The summed E-state index contributed by atoms with van der Waals surface area (Å²) in [5, 5.41) is 0.778. The highest BCUT2D eigenvalue weighted by atomic mass is 32.2. The lowest BCUT2D eigenvalue weighted by molar-refractivity contribution is -0.119. The average molecular weight is 412 g/mol. The monoisotopic (exact) mass is 411 g/mol. The molecule has 0 aliphatic rings. The Hall–Kier alpha value is -2.64. The second-order valence-corrected chi connectivity index (χ2v) is 8.38. The zero-order valence-electron chi connectivity index (χ0n) is 15.9. The summed E-state index contributed by atoms with van der Waals surface area (Å²) in [6.07, 6.45) is 0. The van der Waals surface area contributed by atoms with Crippen molar-refractivity contribution in [2.24, 2.45) is 0 Å². The molecule has 5 nitrogen and oxygen atoms in total.